The molecule has 0 fully saturated rings. The molecule has 0 spiro atoms. The van der Waals surface area contributed by atoms with Gasteiger partial charge in [-0.15, -0.1) is 0 Å². The second-order valence-corrected chi connectivity index (χ2v) is 5.48. The topological polar surface area (TPSA) is 41.9 Å². The number of nitrogens with zero attached hydrogens (tertiary/aromatic N) is 4. The summed E-state index contributed by atoms with van der Waals surface area (Å²) in [6, 6.07) is 18.2. The van der Waals surface area contributed by atoms with Gasteiger partial charge in [0.15, 0.2) is 0 Å². The molecule has 0 saturated heterocycles. The Labute approximate surface area is 136 Å². The van der Waals surface area contributed by atoms with Crippen molar-refractivity contribution in [3.8, 4) is 0 Å². The second kappa shape index (κ2) is 7.61. The number of rotatable bonds is 6. The smallest absolute Gasteiger partial charge is 0.0572 e. The first kappa shape index (κ1) is 15.3. The molecule has 3 aromatic rings. The molecule has 4 nitrogen and oxygen atoms in total. The molecule has 1 atom stereocenters. The van der Waals surface area contributed by atoms with Crippen LogP contribution in [0.4, 0.5) is 0 Å². The fourth-order valence-electron chi connectivity index (χ4n) is 2.54. The van der Waals surface area contributed by atoms with Gasteiger partial charge < -0.3 is 0 Å². The molecule has 3 heterocycles. The Morgan fingerprint density at radius 2 is 1.26 bits per heavy atom. The van der Waals surface area contributed by atoms with Gasteiger partial charge in [-0.05, 0) is 43.3 Å². The van der Waals surface area contributed by atoms with E-state index in [9.17, 15) is 0 Å². The predicted molar refractivity (Wildman–Crippen MR) is 90.4 cm³/mol. The molecule has 0 aliphatic heterocycles. The van der Waals surface area contributed by atoms with Crippen molar-refractivity contribution < 1.29 is 0 Å². The maximum atomic E-state index is 4.50. The van der Waals surface area contributed by atoms with E-state index in [0.717, 1.165) is 30.2 Å². The third kappa shape index (κ3) is 4.20. The highest BCUT2D eigenvalue weighted by atomic mass is 15.2. The zero-order chi connectivity index (χ0) is 15.9. The van der Waals surface area contributed by atoms with Crippen LogP contribution in [0.1, 0.15) is 30.0 Å². The van der Waals surface area contributed by atoms with Gasteiger partial charge in [0.1, 0.15) is 0 Å². The van der Waals surface area contributed by atoms with Crippen molar-refractivity contribution in [2.45, 2.75) is 26.1 Å². The molecule has 0 bridgehead atoms. The second-order valence-electron chi connectivity index (χ2n) is 5.48. The Morgan fingerprint density at radius 3 is 1.70 bits per heavy atom. The molecule has 0 saturated carbocycles. The lowest BCUT2D eigenvalue weighted by Crippen LogP contribution is -2.27. The summed E-state index contributed by atoms with van der Waals surface area (Å²) in [6.45, 7) is 3.69. The van der Waals surface area contributed by atoms with Crippen LogP contribution in [0.3, 0.4) is 0 Å². The van der Waals surface area contributed by atoms with Crippen molar-refractivity contribution in [2.75, 3.05) is 0 Å². The minimum Gasteiger partial charge on any atom is -0.283 e. The number of pyridine rings is 3. The van der Waals surface area contributed by atoms with Crippen LogP contribution in [0.25, 0.3) is 0 Å². The third-order valence-electron chi connectivity index (χ3n) is 3.85. The summed E-state index contributed by atoms with van der Waals surface area (Å²) < 4.78 is 0. The first-order chi connectivity index (χ1) is 11.3. The fraction of sp³-hybridized carbons (Fsp3) is 0.211. The SMILES string of the molecule is C[C@@H](c1ccccn1)N(Cc1ccccn1)Cc1ccccn1. The summed E-state index contributed by atoms with van der Waals surface area (Å²) >= 11 is 0. The van der Waals surface area contributed by atoms with E-state index >= 15 is 0 Å². The van der Waals surface area contributed by atoms with E-state index in [1.807, 2.05) is 55.0 Å². The third-order valence-corrected chi connectivity index (χ3v) is 3.85. The quantitative estimate of drug-likeness (QED) is 0.697. The van der Waals surface area contributed by atoms with Crippen molar-refractivity contribution in [1.29, 1.82) is 0 Å². The van der Waals surface area contributed by atoms with E-state index in [-0.39, 0.29) is 6.04 Å². The van der Waals surface area contributed by atoms with Crippen LogP contribution in [0.2, 0.25) is 0 Å². The molecule has 0 aromatic carbocycles. The lowest BCUT2D eigenvalue weighted by atomic mass is 10.1. The van der Waals surface area contributed by atoms with Crippen LogP contribution in [-0.4, -0.2) is 19.9 Å². The summed E-state index contributed by atoms with van der Waals surface area (Å²) in [5, 5.41) is 0. The van der Waals surface area contributed by atoms with Crippen molar-refractivity contribution in [3.63, 3.8) is 0 Å². The van der Waals surface area contributed by atoms with Gasteiger partial charge in [-0.25, -0.2) is 0 Å². The average Bonchev–Trinajstić information content (AvgIpc) is 2.63. The average molecular weight is 304 g/mol. The summed E-state index contributed by atoms with van der Waals surface area (Å²) in [5.74, 6) is 0. The van der Waals surface area contributed by atoms with Crippen LogP contribution >= 0.6 is 0 Å². The number of hydrogen-bond donors (Lipinski definition) is 0. The summed E-state index contributed by atoms with van der Waals surface area (Å²) in [6.07, 6.45) is 5.50. The Hall–Kier alpha value is -2.59. The van der Waals surface area contributed by atoms with Gasteiger partial charge in [-0.1, -0.05) is 18.2 Å². The van der Waals surface area contributed by atoms with Crippen LogP contribution in [-0.2, 0) is 13.1 Å². The van der Waals surface area contributed by atoms with Gasteiger partial charge in [-0.2, -0.15) is 0 Å². The molecule has 0 aliphatic rings. The molecule has 3 aromatic heterocycles. The largest absolute Gasteiger partial charge is 0.283 e. The molecular weight excluding hydrogens is 284 g/mol. The van der Waals surface area contributed by atoms with E-state index < -0.39 is 0 Å². The zero-order valence-electron chi connectivity index (χ0n) is 13.2. The highest BCUT2D eigenvalue weighted by molar-refractivity contribution is 5.11. The van der Waals surface area contributed by atoms with Crippen molar-refractivity contribution in [3.05, 3.63) is 90.3 Å². The fourth-order valence-corrected chi connectivity index (χ4v) is 2.54. The minimum atomic E-state index is 0.181. The number of hydrogen-bond acceptors (Lipinski definition) is 4. The van der Waals surface area contributed by atoms with Gasteiger partial charge in [0.2, 0.25) is 0 Å². The Balaban J connectivity index is 1.83. The van der Waals surface area contributed by atoms with Crippen LogP contribution in [0, 0.1) is 0 Å². The molecule has 0 amide bonds. The minimum absolute atomic E-state index is 0.181. The van der Waals surface area contributed by atoms with Crippen LogP contribution in [0.15, 0.2) is 73.2 Å². The highest BCUT2D eigenvalue weighted by Gasteiger charge is 2.18. The lowest BCUT2D eigenvalue weighted by molar-refractivity contribution is 0.184. The van der Waals surface area contributed by atoms with Gasteiger partial charge >= 0.3 is 0 Å². The molecule has 0 radical (unpaired) electrons. The monoisotopic (exact) mass is 304 g/mol. The maximum absolute atomic E-state index is 4.50. The molecule has 116 valence electrons. The molecular formula is C19H20N4. The lowest BCUT2D eigenvalue weighted by Gasteiger charge is -2.28. The molecule has 3 rings (SSSR count). The van der Waals surface area contributed by atoms with Crippen molar-refractivity contribution >= 4 is 0 Å². The number of aromatic nitrogens is 3. The molecule has 0 unspecified atom stereocenters. The molecule has 4 heteroatoms. The predicted octanol–water partition coefficient (Wildman–Crippen LogP) is 3.64. The first-order valence-electron chi connectivity index (χ1n) is 7.78. The summed E-state index contributed by atoms with van der Waals surface area (Å²) in [7, 11) is 0. The zero-order valence-corrected chi connectivity index (χ0v) is 13.2. The highest BCUT2D eigenvalue weighted by Crippen LogP contribution is 2.22. The Kier molecular flexibility index (Phi) is 5.06. The van der Waals surface area contributed by atoms with Gasteiger partial charge in [-0.3, -0.25) is 19.9 Å². The maximum Gasteiger partial charge on any atom is 0.0572 e. The first-order valence-corrected chi connectivity index (χ1v) is 7.78. The summed E-state index contributed by atoms with van der Waals surface area (Å²) in [5.41, 5.74) is 3.15. The van der Waals surface area contributed by atoms with Gasteiger partial charge in [0, 0.05) is 31.7 Å². The summed E-state index contributed by atoms with van der Waals surface area (Å²) in [4.78, 5) is 15.7. The normalized spacial score (nSPS) is 12.3. The van der Waals surface area contributed by atoms with E-state index in [2.05, 4.69) is 45.0 Å². The Bertz CT molecular complexity index is 660. The van der Waals surface area contributed by atoms with Gasteiger partial charge in [0.25, 0.3) is 0 Å². The van der Waals surface area contributed by atoms with Crippen molar-refractivity contribution in [2.24, 2.45) is 0 Å². The molecule has 0 aliphatic carbocycles. The molecule has 0 N–H and O–H groups in total. The van der Waals surface area contributed by atoms with Gasteiger partial charge in [0.05, 0.1) is 23.1 Å². The standard InChI is InChI=1S/C19H20N4/c1-16(19-10-4-7-13-22-19)23(14-17-8-2-5-11-20-17)15-18-9-3-6-12-21-18/h2-13,16H,14-15H2,1H3/t16-/m0/s1. The van der Waals surface area contributed by atoms with Crippen molar-refractivity contribution in [1.82, 2.24) is 19.9 Å². The van der Waals surface area contributed by atoms with E-state index in [1.165, 1.54) is 0 Å². The van der Waals surface area contributed by atoms with Crippen LogP contribution < -0.4 is 0 Å². The van der Waals surface area contributed by atoms with E-state index in [1.54, 1.807) is 0 Å². The van der Waals surface area contributed by atoms with Crippen LogP contribution in [0.5, 0.6) is 0 Å². The van der Waals surface area contributed by atoms with E-state index in [4.69, 9.17) is 0 Å². The Morgan fingerprint density at radius 1 is 0.739 bits per heavy atom. The van der Waals surface area contributed by atoms with E-state index in [0.29, 0.717) is 0 Å². The molecule has 23 heavy (non-hydrogen) atoms.